The summed E-state index contributed by atoms with van der Waals surface area (Å²) in [6, 6.07) is 0.400. The van der Waals surface area contributed by atoms with Gasteiger partial charge in [0.25, 0.3) is 0 Å². The molecule has 6 nitrogen and oxygen atoms in total. The number of thiophene rings is 1. The van der Waals surface area contributed by atoms with Gasteiger partial charge in [0.2, 0.25) is 5.91 Å². The number of hydrogen-bond donors (Lipinski definition) is 0. The summed E-state index contributed by atoms with van der Waals surface area (Å²) in [5.41, 5.74) is 1.49. The molecule has 1 amide bonds. The summed E-state index contributed by atoms with van der Waals surface area (Å²) in [7, 11) is 0. The number of aryl methyl sites for hydroxylation is 2. The van der Waals surface area contributed by atoms with Crippen LogP contribution >= 0.6 is 11.3 Å². The molecule has 2 aromatic heterocycles. The van der Waals surface area contributed by atoms with Crippen LogP contribution in [0.3, 0.4) is 0 Å². The molecular weight excluding hydrogens is 370 g/mol. The number of carbonyl (C=O) groups is 1. The van der Waals surface area contributed by atoms with E-state index in [9.17, 15) is 4.79 Å². The Morgan fingerprint density at radius 2 is 1.96 bits per heavy atom. The molecule has 1 unspecified atom stereocenters. The number of amides is 1. The van der Waals surface area contributed by atoms with Crippen molar-refractivity contribution >= 4 is 33.3 Å². The third-order valence-corrected chi connectivity index (χ3v) is 7.84. The van der Waals surface area contributed by atoms with Gasteiger partial charge in [-0.2, -0.15) is 0 Å². The zero-order valence-corrected chi connectivity index (χ0v) is 17.5. The Hall–Kier alpha value is -1.73. The van der Waals surface area contributed by atoms with Crippen molar-refractivity contribution in [2.75, 3.05) is 44.2 Å². The van der Waals surface area contributed by atoms with Gasteiger partial charge < -0.3 is 9.80 Å². The number of nitrogens with zero attached hydrogens (tertiary/aromatic N) is 5. The van der Waals surface area contributed by atoms with Crippen LogP contribution in [0.1, 0.15) is 43.0 Å². The number of aromatic nitrogens is 2. The molecule has 2 aliphatic heterocycles. The van der Waals surface area contributed by atoms with Gasteiger partial charge in [-0.25, -0.2) is 9.97 Å². The minimum absolute atomic E-state index is 0.306. The molecule has 2 aromatic rings. The van der Waals surface area contributed by atoms with Crippen molar-refractivity contribution in [1.82, 2.24) is 19.8 Å². The molecule has 28 heavy (non-hydrogen) atoms. The molecule has 3 aliphatic rings. The highest BCUT2D eigenvalue weighted by atomic mass is 32.1. The molecule has 0 radical (unpaired) electrons. The van der Waals surface area contributed by atoms with E-state index in [1.54, 1.807) is 6.33 Å². The number of piperazine rings is 1. The van der Waals surface area contributed by atoms with E-state index < -0.39 is 0 Å². The first-order chi connectivity index (χ1) is 13.7. The van der Waals surface area contributed by atoms with Crippen LogP contribution in [0.15, 0.2) is 6.33 Å². The normalized spacial score (nSPS) is 23.4. The number of anilines is 1. The predicted molar refractivity (Wildman–Crippen MR) is 113 cm³/mol. The first-order valence-electron chi connectivity index (χ1n) is 10.7. The first kappa shape index (κ1) is 18.3. The highest BCUT2D eigenvalue weighted by molar-refractivity contribution is 7.19. The van der Waals surface area contributed by atoms with Crippen molar-refractivity contribution in [2.24, 2.45) is 0 Å². The van der Waals surface area contributed by atoms with E-state index in [1.165, 1.54) is 35.1 Å². The van der Waals surface area contributed by atoms with E-state index in [0.29, 0.717) is 18.5 Å². The lowest BCUT2D eigenvalue weighted by atomic mass is 10.0. The van der Waals surface area contributed by atoms with Gasteiger partial charge in [0.15, 0.2) is 0 Å². The van der Waals surface area contributed by atoms with Crippen LogP contribution in [0, 0.1) is 0 Å². The molecule has 0 saturated carbocycles. The molecule has 150 valence electrons. The van der Waals surface area contributed by atoms with Crippen molar-refractivity contribution in [3.8, 4) is 0 Å². The number of likely N-dealkylation sites (tertiary alicyclic amines) is 1. The zero-order valence-electron chi connectivity index (χ0n) is 16.7. The second kappa shape index (κ2) is 7.59. The molecule has 4 heterocycles. The monoisotopic (exact) mass is 399 g/mol. The Bertz CT molecular complexity index is 873. The highest BCUT2D eigenvalue weighted by Gasteiger charge is 2.28. The van der Waals surface area contributed by atoms with Crippen LogP contribution in [0.2, 0.25) is 0 Å². The van der Waals surface area contributed by atoms with E-state index in [0.717, 1.165) is 62.6 Å². The summed E-state index contributed by atoms with van der Waals surface area (Å²) < 4.78 is 0. The van der Waals surface area contributed by atoms with Crippen LogP contribution in [0.25, 0.3) is 10.2 Å². The summed E-state index contributed by atoms with van der Waals surface area (Å²) in [6.07, 6.45) is 8.89. The summed E-state index contributed by atoms with van der Waals surface area (Å²) in [4.78, 5) is 31.4. The number of piperidine rings is 1. The van der Waals surface area contributed by atoms with Crippen molar-refractivity contribution in [1.29, 1.82) is 0 Å². The molecule has 1 aliphatic carbocycles. The molecule has 5 rings (SSSR count). The molecule has 2 saturated heterocycles. The molecule has 0 aromatic carbocycles. The van der Waals surface area contributed by atoms with E-state index in [2.05, 4.69) is 31.6 Å². The van der Waals surface area contributed by atoms with Crippen molar-refractivity contribution in [3.63, 3.8) is 0 Å². The topological polar surface area (TPSA) is 52.6 Å². The van der Waals surface area contributed by atoms with Gasteiger partial charge in [-0.3, -0.25) is 9.69 Å². The van der Waals surface area contributed by atoms with Gasteiger partial charge in [0, 0.05) is 43.6 Å². The lowest BCUT2D eigenvalue weighted by Crippen LogP contribution is -2.52. The average molecular weight is 400 g/mol. The molecule has 7 heteroatoms. The molecule has 0 bridgehead atoms. The SMILES string of the molecule is CC1CCCCN1C(=O)CN1CCN(c2ncnc3sc4c(c23)CCC4)CC1. The fraction of sp³-hybridized carbons (Fsp3) is 0.667. The van der Waals surface area contributed by atoms with E-state index in [-0.39, 0.29) is 0 Å². The molecular formula is C21H29N5OS. The van der Waals surface area contributed by atoms with E-state index in [1.807, 2.05) is 11.3 Å². The van der Waals surface area contributed by atoms with Crippen LogP contribution in [0.5, 0.6) is 0 Å². The maximum absolute atomic E-state index is 12.7. The zero-order chi connectivity index (χ0) is 19.1. The predicted octanol–water partition coefficient (Wildman–Crippen LogP) is 2.70. The van der Waals surface area contributed by atoms with Crippen LogP contribution < -0.4 is 4.90 Å². The minimum atomic E-state index is 0.306. The highest BCUT2D eigenvalue weighted by Crippen LogP contribution is 2.40. The van der Waals surface area contributed by atoms with Crippen LogP contribution in [-0.4, -0.2) is 71.0 Å². The Kier molecular flexibility index (Phi) is 4.97. The minimum Gasteiger partial charge on any atom is -0.353 e. The Balaban J connectivity index is 1.25. The maximum Gasteiger partial charge on any atom is 0.236 e. The largest absolute Gasteiger partial charge is 0.353 e. The van der Waals surface area contributed by atoms with Gasteiger partial charge in [0.05, 0.1) is 11.9 Å². The lowest BCUT2D eigenvalue weighted by molar-refractivity contribution is -0.135. The van der Waals surface area contributed by atoms with Crippen molar-refractivity contribution in [3.05, 3.63) is 16.8 Å². The van der Waals surface area contributed by atoms with Crippen molar-refractivity contribution in [2.45, 2.75) is 51.5 Å². The second-order valence-electron chi connectivity index (χ2n) is 8.43. The standard InChI is InChI=1S/C21H29N5OS/c1-15-5-2-3-8-26(15)18(27)13-24-9-11-25(12-10-24)20-19-16-6-4-7-17(16)28-21(19)23-14-22-20/h14-15H,2-13H2,1H3. The number of hydrogen-bond acceptors (Lipinski definition) is 6. The summed E-state index contributed by atoms with van der Waals surface area (Å²) in [6.45, 7) is 7.39. The van der Waals surface area contributed by atoms with Gasteiger partial charge in [-0.15, -0.1) is 11.3 Å². The fourth-order valence-corrected chi connectivity index (χ4v) is 6.24. The maximum atomic E-state index is 12.7. The van der Waals surface area contributed by atoms with Gasteiger partial charge >= 0.3 is 0 Å². The Labute approximate surface area is 170 Å². The summed E-state index contributed by atoms with van der Waals surface area (Å²) >= 11 is 1.85. The first-order valence-corrected chi connectivity index (χ1v) is 11.5. The fourth-order valence-electron chi connectivity index (χ4n) is 5.02. The molecule has 0 spiro atoms. The number of carbonyl (C=O) groups excluding carboxylic acids is 1. The smallest absolute Gasteiger partial charge is 0.236 e. The van der Waals surface area contributed by atoms with Crippen LogP contribution in [-0.2, 0) is 17.6 Å². The van der Waals surface area contributed by atoms with Crippen molar-refractivity contribution < 1.29 is 4.79 Å². The molecule has 2 fully saturated rings. The van der Waals surface area contributed by atoms with Gasteiger partial charge in [0.1, 0.15) is 17.0 Å². The third-order valence-electron chi connectivity index (χ3n) is 6.64. The summed E-state index contributed by atoms with van der Waals surface area (Å²) in [5, 5.41) is 1.30. The average Bonchev–Trinajstić information content (AvgIpc) is 3.30. The quantitative estimate of drug-likeness (QED) is 0.794. The summed E-state index contributed by atoms with van der Waals surface area (Å²) in [5.74, 6) is 1.42. The molecule has 0 N–H and O–H groups in total. The van der Waals surface area contributed by atoms with Crippen LogP contribution in [0.4, 0.5) is 5.82 Å². The molecule has 1 atom stereocenters. The third kappa shape index (κ3) is 3.28. The van der Waals surface area contributed by atoms with E-state index >= 15 is 0 Å². The van der Waals surface area contributed by atoms with E-state index in [4.69, 9.17) is 0 Å². The number of fused-ring (bicyclic) bond motifs is 3. The Morgan fingerprint density at radius 1 is 1.11 bits per heavy atom. The number of rotatable bonds is 3. The van der Waals surface area contributed by atoms with Gasteiger partial charge in [-0.05, 0) is 51.0 Å². The lowest BCUT2D eigenvalue weighted by Gasteiger charge is -2.38. The Morgan fingerprint density at radius 3 is 2.79 bits per heavy atom. The second-order valence-corrected chi connectivity index (χ2v) is 9.51. The van der Waals surface area contributed by atoms with Gasteiger partial charge in [-0.1, -0.05) is 0 Å².